The summed E-state index contributed by atoms with van der Waals surface area (Å²) in [7, 11) is -3.95. The summed E-state index contributed by atoms with van der Waals surface area (Å²) in [6.07, 6.45) is -1.08. The molecule has 0 spiro atoms. The first-order valence-electron chi connectivity index (χ1n) is 5.50. The van der Waals surface area contributed by atoms with Crippen LogP contribution in [0.4, 0.5) is 0 Å². The Morgan fingerprint density at radius 3 is 2.42 bits per heavy atom. The molecule has 1 fully saturated rings. The number of benzene rings is 1. The van der Waals surface area contributed by atoms with Gasteiger partial charge in [0.2, 0.25) is 10.0 Å². The van der Waals surface area contributed by atoms with Gasteiger partial charge in [-0.15, -0.1) is 0 Å². The van der Waals surface area contributed by atoms with E-state index in [-0.39, 0.29) is 17.9 Å². The van der Waals surface area contributed by atoms with Crippen LogP contribution in [0.1, 0.15) is 6.42 Å². The molecule has 0 aromatic heterocycles. The highest BCUT2D eigenvalue weighted by Gasteiger charge is 2.43. The van der Waals surface area contributed by atoms with E-state index in [9.17, 15) is 18.3 Å². The van der Waals surface area contributed by atoms with Crippen molar-refractivity contribution >= 4 is 27.6 Å². The number of aliphatic hydroxyl groups is 1. The molecule has 2 atom stereocenters. The maximum absolute atomic E-state index is 12.3. The number of aliphatic carboxylic acids is 1. The lowest BCUT2D eigenvalue weighted by Crippen LogP contribution is -2.40. The van der Waals surface area contributed by atoms with E-state index in [0.717, 1.165) is 4.31 Å². The average Bonchev–Trinajstić information content (AvgIpc) is 2.73. The van der Waals surface area contributed by atoms with Gasteiger partial charge in [0.15, 0.2) is 0 Å². The third kappa shape index (κ3) is 2.74. The Morgan fingerprint density at radius 2 is 1.89 bits per heavy atom. The Bertz CT molecular complexity index is 586. The Morgan fingerprint density at radius 1 is 1.32 bits per heavy atom. The van der Waals surface area contributed by atoms with Gasteiger partial charge in [-0.05, 0) is 24.3 Å². The molecular formula is C11H12ClNO5S. The smallest absolute Gasteiger partial charge is 0.322 e. The van der Waals surface area contributed by atoms with E-state index in [4.69, 9.17) is 16.7 Å². The van der Waals surface area contributed by atoms with Crippen molar-refractivity contribution in [3.63, 3.8) is 0 Å². The molecule has 0 aliphatic carbocycles. The van der Waals surface area contributed by atoms with Gasteiger partial charge in [0, 0.05) is 18.0 Å². The van der Waals surface area contributed by atoms with Crippen molar-refractivity contribution in [3.8, 4) is 0 Å². The van der Waals surface area contributed by atoms with Gasteiger partial charge < -0.3 is 10.2 Å². The van der Waals surface area contributed by atoms with Crippen molar-refractivity contribution < 1.29 is 23.4 Å². The van der Waals surface area contributed by atoms with E-state index in [1.807, 2.05) is 0 Å². The molecule has 1 aromatic rings. The molecule has 0 radical (unpaired) electrons. The Hall–Kier alpha value is -1.15. The summed E-state index contributed by atoms with van der Waals surface area (Å²) in [4.78, 5) is 11.0. The molecule has 2 rings (SSSR count). The van der Waals surface area contributed by atoms with Crippen LogP contribution in [0.25, 0.3) is 0 Å². The second-order valence-electron chi connectivity index (χ2n) is 4.27. The number of β-amino-alcohol motifs (C(OH)–C–C–N with tert-alkyl or cyclic N) is 1. The summed E-state index contributed by atoms with van der Waals surface area (Å²) >= 11 is 5.68. The second kappa shape index (κ2) is 5.09. The molecule has 0 amide bonds. The topological polar surface area (TPSA) is 94.9 Å². The van der Waals surface area contributed by atoms with Crippen molar-refractivity contribution in [2.45, 2.75) is 23.5 Å². The molecule has 8 heteroatoms. The molecule has 1 aromatic carbocycles. The number of carbonyl (C=O) groups is 1. The molecule has 104 valence electrons. The molecule has 6 nitrogen and oxygen atoms in total. The number of hydrogen-bond acceptors (Lipinski definition) is 4. The number of aliphatic hydroxyl groups excluding tert-OH is 1. The predicted octanol–water partition coefficient (Wildman–Crippen LogP) is 0.549. The average molecular weight is 306 g/mol. The lowest BCUT2D eigenvalue weighted by atomic mass is 10.2. The molecule has 0 saturated carbocycles. The molecule has 0 bridgehead atoms. The summed E-state index contributed by atoms with van der Waals surface area (Å²) in [6, 6.07) is 4.20. The summed E-state index contributed by atoms with van der Waals surface area (Å²) in [5.74, 6) is -1.27. The van der Waals surface area contributed by atoms with Crippen LogP contribution in [0.2, 0.25) is 5.02 Å². The van der Waals surface area contributed by atoms with Gasteiger partial charge in [-0.1, -0.05) is 11.6 Å². The first-order chi connectivity index (χ1) is 8.82. The molecule has 2 N–H and O–H groups in total. The van der Waals surface area contributed by atoms with E-state index in [1.54, 1.807) is 0 Å². The van der Waals surface area contributed by atoms with Gasteiger partial charge in [-0.3, -0.25) is 4.79 Å². The zero-order valence-electron chi connectivity index (χ0n) is 9.73. The van der Waals surface area contributed by atoms with E-state index < -0.39 is 28.1 Å². The van der Waals surface area contributed by atoms with Crippen molar-refractivity contribution in [3.05, 3.63) is 29.3 Å². The third-order valence-electron chi connectivity index (χ3n) is 2.94. The van der Waals surface area contributed by atoms with Crippen LogP contribution in [-0.4, -0.2) is 47.6 Å². The number of nitrogens with zero attached hydrogens (tertiary/aromatic N) is 1. The van der Waals surface area contributed by atoms with Crippen LogP contribution < -0.4 is 0 Å². The minimum absolute atomic E-state index is 0.0442. The maximum Gasteiger partial charge on any atom is 0.322 e. The Balaban J connectivity index is 2.38. The monoisotopic (exact) mass is 305 g/mol. The van der Waals surface area contributed by atoms with Gasteiger partial charge in [0.25, 0.3) is 0 Å². The quantitative estimate of drug-likeness (QED) is 0.850. The van der Waals surface area contributed by atoms with Crippen molar-refractivity contribution in [2.24, 2.45) is 0 Å². The lowest BCUT2D eigenvalue weighted by molar-refractivity contribution is -0.140. The molecule has 1 aliphatic rings. The van der Waals surface area contributed by atoms with Gasteiger partial charge >= 0.3 is 5.97 Å². The van der Waals surface area contributed by atoms with Gasteiger partial charge in [0.1, 0.15) is 6.04 Å². The fourth-order valence-corrected chi connectivity index (χ4v) is 3.77. The van der Waals surface area contributed by atoms with Gasteiger partial charge in [0.05, 0.1) is 11.0 Å². The number of halogens is 1. The van der Waals surface area contributed by atoms with Crippen LogP contribution in [0.5, 0.6) is 0 Å². The van der Waals surface area contributed by atoms with Gasteiger partial charge in [-0.2, -0.15) is 4.31 Å². The van der Waals surface area contributed by atoms with Crippen molar-refractivity contribution in [2.75, 3.05) is 6.54 Å². The molecule has 1 saturated heterocycles. The zero-order chi connectivity index (χ0) is 14.2. The first kappa shape index (κ1) is 14.3. The van der Waals surface area contributed by atoms with E-state index in [0.29, 0.717) is 5.02 Å². The highest BCUT2D eigenvalue weighted by atomic mass is 35.5. The maximum atomic E-state index is 12.3. The van der Waals surface area contributed by atoms with Crippen LogP contribution >= 0.6 is 11.6 Å². The SMILES string of the molecule is O=C(O)[C@H]1C[C@H](O)CN1S(=O)(=O)c1ccc(Cl)cc1. The molecule has 19 heavy (non-hydrogen) atoms. The minimum atomic E-state index is -3.95. The second-order valence-corrected chi connectivity index (χ2v) is 6.60. The number of carboxylic acid groups (broad SMARTS) is 1. The highest BCUT2D eigenvalue weighted by molar-refractivity contribution is 7.89. The third-order valence-corrected chi connectivity index (χ3v) is 5.08. The Labute approximate surface area is 115 Å². The number of sulfonamides is 1. The number of carboxylic acids is 1. The summed E-state index contributed by atoms with van der Waals surface area (Å²) in [5, 5.41) is 18.9. The van der Waals surface area contributed by atoms with E-state index >= 15 is 0 Å². The van der Waals surface area contributed by atoms with Gasteiger partial charge in [-0.25, -0.2) is 8.42 Å². The number of rotatable bonds is 3. The van der Waals surface area contributed by atoms with Crippen LogP contribution in [-0.2, 0) is 14.8 Å². The standard InChI is InChI=1S/C11H12ClNO5S/c12-7-1-3-9(4-2-7)19(17,18)13-6-8(14)5-10(13)11(15)16/h1-4,8,10,14H,5-6H2,(H,15,16)/t8-,10+/m0/s1. The number of hydrogen-bond donors (Lipinski definition) is 2. The fraction of sp³-hybridized carbons (Fsp3) is 0.364. The van der Waals surface area contributed by atoms with Crippen LogP contribution in [0.15, 0.2) is 29.2 Å². The first-order valence-corrected chi connectivity index (χ1v) is 7.32. The lowest BCUT2D eigenvalue weighted by Gasteiger charge is -2.20. The molecule has 0 unspecified atom stereocenters. The zero-order valence-corrected chi connectivity index (χ0v) is 11.3. The van der Waals surface area contributed by atoms with Crippen molar-refractivity contribution in [1.29, 1.82) is 0 Å². The predicted molar refractivity (Wildman–Crippen MR) is 67.4 cm³/mol. The van der Waals surface area contributed by atoms with Crippen LogP contribution in [0.3, 0.4) is 0 Å². The fourth-order valence-electron chi connectivity index (χ4n) is 2.02. The van der Waals surface area contributed by atoms with E-state index in [1.165, 1.54) is 24.3 Å². The minimum Gasteiger partial charge on any atom is -0.480 e. The molecule has 1 aliphatic heterocycles. The summed E-state index contributed by atoms with van der Waals surface area (Å²) in [5.41, 5.74) is 0. The summed E-state index contributed by atoms with van der Waals surface area (Å²) in [6.45, 7) is -0.220. The highest BCUT2D eigenvalue weighted by Crippen LogP contribution is 2.27. The largest absolute Gasteiger partial charge is 0.480 e. The Kier molecular flexibility index (Phi) is 3.82. The molecular weight excluding hydrogens is 294 g/mol. The normalized spacial score (nSPS) is 24.5. The summed E-state index contributed by atoms with van der Waals surface area (Å²) < 4.78 is 25.4. The van der Waals surface area contributed by atoms with E-state index in [2.05, 4.69) is 0 Å². The molecule has 1 heterocycles. The van der Waals surface area contributed by atoms with Crippen LogP contribution in [0, 0.1) is 0 Å². The van der Waals surface area contributed by atoms with Crippen molar-refractivity contribution in [1.82, 2.24) is 4.31 Å².